The van der Waals surface area contributed by atoms with Crippen molar-refractivity contribution >= 4 is 0 Å². The van der Waals surface area contributed by atoms with Crippen LogP contribution in [0.3, 0.4) is 0 Å². The van der Waals surface area contributed by atoms with Crippen LogP contribution in [0.25, 0.3) is 0 Å². The number of allylic oxidation sites excluding steroid dienone is 3. The van der Waals surface area contributed by atoms with Gasteiger partial charge in [-0.25, -0.2) is 0 Å². The van der Waals surface area contributed by atoms with E-state index < -0.39 is 0 Å². The Morgan fingerprint density at radius 1 is 1.33 bits per heavy atom. The molecule has 15 heavy (non-hydrogen) atoms. The summed E-state index contributed by atoms with van der Waals surface area (Å²) in [6.45, 7) is 16.6. The molecule has 1 aliphatic heterocycles. The van der Waals surface area contributed by atoms with Crippen LogP contribution in [0, 0.1) is 0 Å². The zero-order valence-electron chi connectivity index (χ0n) is 10.5. The molecule has 0 aliphatic carbocycles. The van der Waals surface area contributed by atoms with Gasteiger partial charge >= 0.3 is 0 Å². The number of epoxide rings is 1. The van der Waals surface area contributed by atoms with Gasteiger partial charge in [-0.3, -0.25) is 0 Å². The summed E-state index contributed by atoms with van der Waals surface area (Å²) in [5.41, 5.74) is 0. The van der Waals surface area contributed by atoms with Gasteiger partial charge in [0.2, 0.25) is 0 Å². The molecule has 0 aromatic heterocycles. The third kappa shape index (κ3) is 10.9. The monoisotopic (exact) mass is 212 g/mol. The number of rotatable bonds is 5. The van der Waals surface area contributed by atoms with Gasteiger partial charge in [-0.05, 0) is 12.2 Å². The van der Waals surface area contributed by atoms with Crippen LogP contribution in [-0.2, 0) is 9.47 Å². The molecule has 2 heteroatoms. The first-order valence-corrected chi connectivity index (χ1v) is 5.56. The Morgan fingerprint density at radius 3 is 2.20 bits per heavy atom. The lowest BCUT2D eigenvalue weighted by molar-refractivity contribution is 0.193. The van der Waals surface area contributed by atoms with Crippen molar-refractivity contribution in [2.75, 3.05) is 13.2 Å². The van der Waals surface area contributed by atoms with Crippen LogP contribution in [0.15, 0.2) is 37.1 Å². The number of hydrogen-bond acceptors (Lipinski definition) is 2. The van der Waals surface area contributed by atoms with Crippen molar-refractivity contribution in [3.8, 4) is 0 Å². The molecule has 1 fully saturated rings. The first-order valence-electron chi connectivity index (χ1n) is 5.56. The van der Waals surface area contributed by atoms with Gasteiger partial charge < -0.3 is 9.47 Å². The van der Waals surface area contributed by atoms with Crippen molar-refractivity contribution in [1.29, 1.82) is 0 Å². The molecule has 0 bridgehead atoms. The van der Waals surface area contributed by atoms with E-state index in [4.69, 9.17) is 9.47 Å². The minimum atomic E-state index is 0.295. The van der Waals surface area contributed by atoms with Gasteiger partial charge in [0.1, 0.15) is 18.5 Å². The summed E-state index contributed by atoms with van der Waals surface area (Å²) in [5, 5.41) is 0. The van der Waals surface area contributed by atoms with Crippen LogP contribution in [0.4, 0.5) is 0 Å². The molecule has 1 aliphatic rings. The molecule has 0 radical (unpaired) electrons. The predicted octanol–water partition coefficient (Wildman–Crippen LogP) is 3.71. The minimum Gasteiger partial charge on any atom is -0.491 e. The summed E-state index contributed by atoms with van der Waals surface area (Å²) in [4.78, 5) is 0. The molecule has 1 rings (SSSR count). The van der Waals surface area contributed by atoms with Gasteiger partial charge in [0.25, 0.3) is 0 Å². The second-order valence-corrected chi connectivity index (χ2v) is 2.28. The zero-order chi connectivity index (χ0) is 12.1. The van der Waals surface area contributed by atoms with Crippen LogP contribution in [0.5, 0.6) is 0 Å². The Hall–Kier alpha value is -1.02. The van der Waals surface area contributed by atoms with E-state index in [-0.39, 0.29) is 0 Å². The van der Waals surface area contributed by atoms with Crippen molar-refractivity contribution in [2.45, 2.75) is 33.8 Å². The number of hydrogen-bond donors (Lipinski definition) is 0. The summed E-state index contributed by atoms with van der Waals surface area (Å²) in [7, 11) is 0. The molecule has 0 saturated carbocycles. The largest absolute Gasteiger partial charge is 0.491 e. The fraction of sp³-hybridized carbons (Fsp3) is 0.538. The third-order valence-electron chi connectivity index (χ3n) is 1.32. The van der Waals surface area contributed by atoms with Crippen LogP contribution in [-0.4, -0.2) is 19.3 Å². The highest BCUT2D eigenvalue weighted by Gasteiger charge is 2.22. The normalized spacial score (nSPS) is 17.3. The topological polar surface area (TPSA) is 21.8 Å². The van der Waals surface area contributed by atoms with E-state index >= 15 is 0 Å². The van der Waals surface area contributed by atoms with Gasteiger partial charge in [-0.2, -0.15) is 0 Å². The van der Waals surface area contributed by atoms with Crippen molar-refractivity contribution in [1.82, 2.24) is 0 Å². The lowest BCUT2D eigenvalue weighted by atomic mass is 10.4. The van der Waals surface area contributed by atoms with Crippen LogP contribution >= 0.6 is 0 Å². The average molecular weight is 212 g/mol. The molecule has 2 nitrogen and oxygen atoms in total. The molecule has 1 saturated heterocycles. The van der Waals surface area contributed by atoms with Gasteiger partial charge in [-0.15, -0.1) is 0 Å². The molecule has 88 valence electrons. The summed E-state index contributed by atoms with van der Waals surface area (Å²) >= 11 is 0. The van der Waals surface area contributed by atoms with Crippen molar-refractivity contribution < 1.29 is 9.47 Å². The Balaban J connectivity index is 0. The van der Waals surface area contributed by atoms with E-state index in [1.165, 1.54) is 0 Å². The predicted molar refractivity (Wildman–Crippen MR) is 66.9 cm³/mol. The van der Waals surface area contributed by atoms with Crippen LogP contribution in [0.1, 0.15) is 27.7 Å². The highest BCUT2D eigenvalue weighted by Crippen LogP contribution is 2.11. The second-order valence-electron chi connectivity index (χ2n) is 2.28. The molecule has 0 amide bonds. The third-order valence-corrected chi connectivity index (χ3v) is 1.32. The fourth-order valence-electron chi connectivity index (χ4n) is 0.645. The first kappa shape index (κ1) is 16.4. The molecular formula is C13H24O2. The lowest BCUT2D eigenvalue weighted by Crippen LogP contribution is -1.99. The average Bonchev–Trinajstić information content (AvgIpc) is 3.13. The maximum atomic E-state index is 5.30. The molecule has 1 unspecified atom stereocenters. The maximum absolute atomic E-state index is 5.30. The Labute approximate surface area is 94.3 Å². The fourth-order valence-corrected chi connectivity index (χ4v) is 0.645. The standard InChI is InChI=1S/C9H12O2.2C2H6/c1-3-5-8(4-2)10-6-9-7-11-9;2*1-2/h3-5,9H,1-2,6-7H2;2*1-2H3/b8-5+;;. The summed E-state index contributed by atoms with van der Waals surface area (Å²) in [6, 6.07) is 0. The maximum Gasteiger partial charge on any atom is 0.118 e. The molecule has 0 aromatic carbocycles. The van der Waals surface area contributed by atoms with E-state index in [0.29, 0.717) is 12.7 Å². The summed E-state index contributed by atoms with van der Waals surface area (Å²) in [6.07, 6.45) is 5.40. The Kier molecular flexibility index (Phi) is 14.2. The molecular weight excluding hydrogens is 188 g/mol. The molecule has 0 aromatic rings. The van der Waals surface area contributed by atoms with E-state index in [1.807, 2.05) is 27.7 Å². The quantitative estimate of drug-likeness (QED) is 0.393. The summed E-state index contributed by atoms with van der Waals surface area (Å²) in [5.74, 6) is 0.746. The SMILES string of the molecule is C=C/C=C(\C=C)OCC1CO1.CC.CC. The van der Waals surface area contributed by atoms with Crippen molar-refractivity contribution in [3.05, 3.63) is 37.1 Å². The van der Waals surface area contributed by atoms with Gasteiger partial charge in [0.15, 0.2) is 0 Å². The van der Waals surface area contributed by atoms with Gasteiger partial charge in [-0.1, -0.05) is 46.9 Å². The first-order chi connectivity index (χ1) is 7.36. The Bertz CT molecular complexity index is 179. The van der Waals surface area contributed by atoms with Crippen molar-refractivity contribution in [2.24, 2.45) is 0 Å². The van der Waals surface area contributed by atoms with Gasteiger partial charge in [0, 0.05) is 0 Å². The molecule has 0 spiro atoms. The minimum absolute atomic E-state index is 0.295. The highest BCUT2D eigenvalue weighted by molar-refractivity contribution is 5.14. The molecule has 1 atom stereocenters. The number of ether oxygens (including phenoxy) is 2. The van der Waals surface area contributed by atoms with E-state index in [2.05, 4.69) is 13.2 Å². The smallest absolute Gasteiger partial charge is 0.118 e. The summed E-state index contributed by atoms with van der Waals surface area (Å²) < 4.78 is 10.3. The molecule has 1 heterocycles. The zero-order valence-corrected chi connectivity index (χ0v) is 10.5. The highest BCUT2D eigenvalue weighted by atomic mass is 16.6. The van der Waals surface area contributed by atoms with Crippen LogP contribution < -0.4 is 0 Å². The van der Waals surface area contributed by atoms with Crippen LogP contribution in [0.2, 0.25) is 0 Å². The lowest BCUT2D eigenvalue weighted by Gasteiger charge is -2.02. The second kappa shape index (κ2) is 13.0. The van der Waals surface area contributed by atoms with E-state index in [0.717, 1.165) is 12.4 Å². The molecule has 0 N–H and O–H groups in total. The Morgan fingerprint density at radius 2 is 1.87 bits per heavy atom. The van der Waals surface area contributed by atoms with E-state index in [1.54, 1.807) is 18.2 Å². The van der Waals surface area contributed by atoms with Crippen molar-refractivity contribution in [3.63, 3.8) is 0 Å². The van der Waals surface area contributed by atoms with Gasteiger partial charge in [0.05, 0.1) is 6.61 Å². The van der Waals surface area contributed by atoms with E-state index in [9.17, 15) is 0 Å².